The number of pyridine rings is 2. The summed E-state index contributed by atoms with van der Waals surface area (Å²) in [5.41, 5.74) is 0.782. The highest BCUT2D eigenvalue weighted by molar-refractivity contribution is 9.10. The first-order chi connectivity index (χ1) is 9.53. The van der Waals surface area contributed by atoms with Crippen molar-refractivity contribution in [3.05, 3.63) is 46.8 Å². The molecule has 0 spiro atoms. The van der Waals surface area contributed by atoms with Crippen LogP contribution in [-0.2, 0) is 16.6 Å². The monoisotopic (exact) mass is 356 g/mol. The number of aromatic nitrogens is 2. The highest BCUT2D eigenvalue weighted by Gasteiger charge is 2.19. The van der Waals surface area contributed by atoms with Gasteiger partial charge in [-0.2, -0.15) is 0 Å². The van der Waals surface area contributed by atoms with Gasteiger partial charge >= 0.3 is 0 Å². The summed E-state index contributed by atoms with van der Waals surface area (Å²) in [5, 5.41) is 2.76. The van der Waals surface area contributed by atoms with E-state index in [-0.39, 0.29) is 11.4 Å². The third kappa shape index (κ3) is 3.53. The van der Waals surface area contributed by atoms with Gasteiger partial charge in [-0.25, -0.2) is 18.1 Å². The average molecular weight is 357 g/mol. The normalized spacial score (nSPS) is 11.3. The third-order valence-electron chi connectivity index (χ3n) is 2.53. The Labute approximate surface area is 125 Å². The zero-order valence-corrected chi connectivity index (χ0v) is 13.1. The molecule has 8 heteroatoms. The molecular weight excluding hydrogens is 344 g/mol. The molecule has 0 saturated heterocycles. The first-order valence-corrected chi connectivity index (χ1v) is 8.02. The molecule has 0 amide bonds. The molecule has 0 aromatic carbocycles. The quantitative estimate of drug-likeness (QED) is 0.852. The van der Waals surface area contributed by atoms with Gasteiger partial charge < -0.3 is 5.32 Å². The van der Waals surface area contributed by atoms with E-state index in [0.717, 1.165) is 5.56 Å². The lowest BCUT2D eigenvalue weighted by Gasteiger charge is -2.10. The van der Waals surface area contributed by atoms with Crippen molar-refractivity contribution in [1.82, 2.24) is 14.7 Å². The predicted octanol–water partition coefficient (Wildman–Crippen LogP) is 1.76. The smallest absolute Gasteiger partial charge is 0.244 e. The fourth-order valence-electron chi connectivity index (χ4n) is 1.57. The summed E-state index contributed by atoms with van der Waals surface area (Å²) in [7, 11) is -2.04. The van der Waals surface area contributed by atoms with Crippen LogP contribution in [0.2, 0.25) is 0 Å². The molecule has 2 rings (SSSR count). The highest BCUT2D eigenvalue weighted by Crippen LogP contribution is 2.22. The Morgan fingerprint density at radius 3 is 2.80 bits per heavy atom. The lowest BCUT2D eigenvalue weighted by molar-refractivity contribution is 0.581. The molecule has 0 saturated carbocycles. The van der Waals surface area contributed by atoms with Crippen LogP contribution < -0.4 is 10.0 Å². The van der Waals surface area contributed by atoms with E-state index in [4.69, 9.17) is 0 Å². The molecule has 0 bridgehead atoms. The number of nitrogens with one attached hydrogen (secondary N) is 2. The topological polar surface area (TPSA) is 84.0 Å². The number of hydrogen-bond acceptors (Lipinski definition) is 5. The first-order valence-electron chi connectivity index (χ1n) is 5.75. The number of nitrogens with zero attached hydrogens (tertiary/aromatic N) is 2. The molecule has 2 aromatic heterocycles. The van der Waals surface area contributed by atoms with Crippen LogP contribution in [0, 0.1) is 0 Å². The molecular formula is C12H13BrN4O2S. The van der Waals surface area contributed by atoms with Crippen LogP contribution in [0.5, 0.6) is 0 Å². The van der Waals surface area contributed by atoms with Crippen molar-refractivity contribution in [3.8, 4) is 0 Å². The van der Waals surface area contributed by atoms with Crippen molar-refractivity contribution in [3.63, 3.8) is 0 Å². The Morgan fingerprint density at radius 1 is 1.35 bits per heavy atom. The van der Waals surface area contributed by atoms with Crippen molar-refractivity contribution in [2.45, 2.75) is 11.4 Å². The summed E-state index contributed by atoms with van der Waals surface area (Å²) >= 11 is 3.22. The zero-order chi connectivity index (χ0) is 14.6. The molecule has 20 heavy (non-hydrogen) atoms. The number of hydrogen-bond donors (Lipinski definition) is 2. The first kappa shape index (κ1) is 14.9. The SMILES string of the molecule is CNc1ncc(Br)cc1S(=O)(=O)NCc1cccnc1. The van der Waals surface area contributed by atoms with Crippen LogP contribution in [-0.4, -0.2) is 25.4 Å². The van der Waals surface area contributed by atoms with Gasteiger partial charge in [0, 0.05) is 36.7 Å². The second-order valence-corrected chi connectivity index (χ2v) is 6.59. The molecule has 106 valence electrons. The van der Waals surface area contributed by atoms with Gasteiger partial charge in [-0.1, -0.05) is 6.07 Å². The van der Waals surface area contributed by atoms with E-state index in [9.17, 15) is 8.42 Å². The van der Waals surface area contributed by atoms with Gasteiger partial charge in [0.2, 0.25) is 10.0 Å². The summed E-state index contributed by atoms with van der Waals surface area (Å²) < 4.78 is 27.7. The van der Waals surface area contributed by atoms with Crippen molar-refractivity contribution >= 4 is 31.8 Å². The van der Waals surface area contributed by atoms with Crippen molar-refractivity contribution in [2.75, 3.05) is 12.4 Å². The van der Waals surface area contributed by atoms with Crippen molar-refractivity contribution in [2.24, 2.45) is 0 Å². The van der Waals surface area contributed by atoms with E-state index in [1.807, 2.05) is 0 Å². The van der Waals surface area contributed by atoms with Gasteiger partial charge in [0.05, 0.1) is 0 Å². The Morgan fingerprint density at radius 2 is 2.15 bits per heavy atom. The molecule has 0 unspecified atom stereocenters. The summed E-state index contributed by atoms with van der Waals surface area (Å²) in [6.07, 6.45) is 4.78. The maximum absolute atomic E-state index is 12.3. The zero-order valence-electron chi connectivity index (χ0n) is 10.7. The molecule has 0 fully saturated rings. The molecule has 0 atom stereocenters. The number of anilines is 1. The third-order valence-corrected chi connectivity index (χ3v) is 4.38. The second kappa shape index (κ2) is 6.29. The van der Waals surface area contributed by atoms with E-state index in [0.29, 0.717) is 10.3 Å². The fraction of sp³-hybridized carbons (Fsp3) is 0.167. The molecule has 0 aliphatic carbocycles. The van der Waals surface area contributed by atoms with E-state index >= 15 is 0 Å². The molecule has 6 nitrogen and oxygen atoms in total. The minimum atomic E-state index is -3.66. The van der Waals surface area contributed by atoms with E-state index in [2.05, 4.69) is 35.9 Å². The second-order valence-electron chi connectivity index (χ2n) is 3.94. The van der Waals surface area contributed by atoms with Crippen LogP contribution in [0.4, 0.5) is 5.82 Å². The van der Waals surface area contributed by atoms with E-state index in [1.165, 1.54) is 12.3 Å². The van der Waals surface area contributed by atoms with Crippen LogP contribution >= 0.6 is 15.9 Å². The van der Waals surface area contributed by atoms with Crippen molar-refractivity contribution in [1.29, 1.82) is 0 Å². The predicted molar refractivity (Wildman–Crippen MR) is 79.7 cm³/mol. The maximum atomic E-state index is 12.3. The molecule has 2 heterocycles. The summed E-state index contributed by atoms with van der Waals surface area (Å²) in [4.78, 5) is 8.06. The Kier molecular flexibility index (Phi) is 4.69. The van der Waals surface area contributed by atoms with Gasteiger partial charge in [0.15, 0.2) is 0 Å². The van der Waals surface area contributed by atoms with Crippen LogP contribution in [0.15, 0.2) is 46.2 Å². The van der Waals surface area contributed by atoms with E-state index < -0.39 is 10.0 Å². The highest BCUT2D eigenvalue weighted by atomic mass is 79.9. The van der Waals surface area contributed by atoms with E-state index in [1.54, 1.807) is 31.6 Å². The number of rotatable bonds is 5. The van der Waals surface area contributed by atoms with Crippen LogP contribution in [0.25, 0.3) is 0 Å². The van der Waals surface area contributed by atoms with Gasteiger partial charge in [0.1, 0.15) is 10.7 Å². The van der Waals surface area contributed by atoms with Gasteiger partial charge in [-0.05, 0) is 33.6 Å². The summed E-state index contributed by atoms with van der Waals surface area (Å²) in [6, 6.07) is 5.06. The Balaban J connectivity index is 2.24. The summed E-state index contributed by atoms with van der Waals surface area (Å²) in [6.45, 7) is 0.172. The Bertz CT molecular complexity index is 692. The molecule has 0 aliphatic rings. The molecule has 0 radical (unpaired) electrons. The molecule has 2 aromatic rings. The lowest BCUT2D eigenvalue weighted by atomic mass is 10.3. The fourth-order valence-corrected chi connectivity index (χ4v) is 3.26. The van der Waals surface area contributed by atoms with Gasteiger partial charge in [0.25, 0.3) is 0 Å². The minimum Gasteiger partial charge on any atom is -0.372 e. The number of sulfonamides is 1. The largest absolute Gasteiger partial charge is 0.372 e. The van der Waals surface area contributed by atoms with Crippen molar-refractivity contribution < 1.29 is 8.42 Å². The van der Waals surface area contributed by atoms with Gasteiger partial charge in [-0.3, -0.25) is 4.98 Å². The Hall–Kier alpha value is -1.51. The number of halogens is 1. The molecule has 2 N–H and O–H groups in total. The molecule has 0 aliphatic heterocycles. The van der Waals surface area contributed by atoms with Gasteiger partial charge in [-0.15, -0.1) is 0 Å². The minimum absolute atomic E-state index is 0.0956. The van der Waals surface area contributed by atoms with Crippen LogP contribution in [0.1, 0.15) is 5.56 Å². The lowest BCUT2D eigenvalue weighted by Crippen LogP contribution is -2.24. The maximum Gasteiger partial charge on any atom is 0.244 e. The standard InChI is InChI=1S/C12H13BrN4O2S/c1-14-12-11(5-10(13)8-16-12)20(18,19)17-7-9-3-2-4-15-6-9/h2-6,8,17H,7H2,1H3,(H,14,16). The van der Waals surface area contributed by atoms with Crippen LogP contribution in [0.3, 0.4) is 0 Å². The summed E-state index contributed by atoms with van der Waals surface area (Å²) in [5.74, 6) is 0.298. The average Bonchev–Trinajstić information content (AvgIpc) is 2.46.